The van der Waals surface area contributed by atoms with E-state index in [1.165, 1.54) is 12.8 Å². The number of hydrogen-bond donors (Lipinski definition) is 1. The van der Waals surface area contributed by atoms with Gasteiger partial charge in [0.25, 0.3) is 5.91 Å². The summed E-state index contributed by atoms with van der Waals surface area (Å²) in [4.78, 5) is 27.4. The third-order valence-corrected chi connectivity index (χ3v) is 4.61. The average molecular weight is 352 g/mol. The number of hydrogen-bond acceptors (Lipinski definition) is 3. The fourth-order valence-corrected chi connectivity index (χ4v) is 2.89. The van der Waals surface area contributed by atoms with E-state index in [4.69, 9.17) is 4.74 Å². The zero-order chi connectivity index (χ0) is 18.5. The third-order valence-electron chi connectivity index (χ3n) is 4.61. The Morgan fingerprint density at radius 1 is 1.12 bits per heavy atom. The molecular weight excluding hydrogens is 328 g/mol. The van der Waals surface area contributed by atoms with Crippen LogP contribution in [-0.2, 0) is 4.79 Å². The van der Waals surface area contributed by atoms with Crippen LogP contribution in [0.5, 0.6) is 5.75 Å². The zero-order valence-corrected chi connectivity index (χ0v) is 15.1. The summed E-state index contributed by atoms with van der Waals surface area (Å²) in [5.41, 5.74) is 1.27. The molecule has 0 saturated heterocycles. The molecule has 2 aromatic carbocycles. The van der Waals surface area contributed by atoms with E-state index in [0.717, 1.165) is 12.1 Å². The minimum Gasteiger partial charge on any atom is -0.497 e. The van der Waals surface area contributed by atoms with Crippen LogP contribution in [0.3, 0.4) is 0 Å². The van der Waals surface area contributed by atoms with Crippen LogP contribution in [0, 0.1) is 5.92 Å². The van der Waals surface area contributed by atoms with Crippen molar-refractivity contribution in [1.29, 1.82) is 0 Å². The number of carbonyl (C=O) groups is 2. The lowest BCUT2D eigenvalue weighted by atomic mass is 10.0. The molecule has 1 atom stereocenters. The maximum atomic E-state index is 13.0. The Morgan fingerprint density at radius 3 is 2.35 bits per heavy atom. The Morgan fingerprint density at radius 2 is 1.77 bits per heavy atom. The normalized spacial score (nSPS) is 14.4. The molecule has 0 spiro atoms. The van der Waals surface area contributed by atoms with Gasteiger partial charge in [-0.05, 0) is 48.6 Å². The van der Waals surface area contributed by atoms with Crippen molar-refractivity contribution in [2.24, 2.45) is 5.92 Å². The minimum absolute atomic E-state index is 0.0926. The van der Waals surface area contributed by atoms with E-state index in [2.05, 4.69) is 5.32 Å². The van der Waals surface area contributed by atoms with Crippen molar-refractivity contribution in [2.45, 2.75) is 18.9 Å². The maximum Gasteiger partial charge on any atom is 0.252 e. The predicted molar refractivity (Wildman–Crippen MR) is 100 cm³/mol. The first-order valence-electron chi connectivity index (χ1n) is 8.83. The predicted octanol–water partition coefficient (Wildman–Crippen LogP) is 3.03. The average Bonchev–Trinajstić information content (AvgIpc) is 3.50. The summed E-state index contributed by atoms with van der Waals surface area (Å²) >= 11 is 0. The molecule has 3 rings (SSSR count). The molecule has 0 heterocycles. The van der Waals surface area contributed by atoms with Crippen molar-refractivity contribution in [3.63, 3.8) is 0 Å². The van der Waals surface area contributed by atoms with Gasteiger partial charge >= 0.3 is 0 Å². The Hall–Kier alpha value is -2.82. The van der Waals surface area contributed by atoms with Crippen LogP contribution >= 0.6 is 0 Å². The third kappa shape index (κ3) is 4.42. The van der Waals surface area contributed by atoms with Crippen molar-refractivity contribution in [1.82, 2.24) is 10.2 Å². The van der Waals surface area contributed by atoms with Crippen LogP contribution in [-0.4, -0.2) is 37.4 Å². The van der Waals surface area contributed by atoms with E-state index in [-0.39, 0.29) is 11.8 Å². The number of nitrogens with zero attached hydrogens (tertiary/aromatic N) is 1. The van der Waals surface area contributed by atoms with Crippen LogP contribution in [0.1, 0.15) is 34.8 Å². The molecule has 1 aliphatic rings. The van der Waals surface area contributed by atoms with E-state index in [1.807, 2.05) is 30.3 Å². The smallest absolute Gasteiger partial charge is 0.252 e. The molecule has 5 heteroatoms. The molecule has 2 amide bonds. The van der Waals surface area contributed by atoms with Gasteiger partial charge in [0.1, 0.15) is 11.8 Å². The highest BCUT2D eigenvalue weighted by molar-refractivity contribution is 5.98. The van der Waals surface area contributed by atoms with Gasteiger partial charge in [0.15, 0.2) is 0 Å². The van der Waals surface area contributed by atoms with Crippen molar-refractivity contribution < 1.29 is 14.3 Å². The van der Waals surface area contributed by atoms with Gasteiger partial charge in [0, 0.05) is 19.2 Å². The Labute approximate surface area is 154 Å². The van der Waals surface area contributed by atoms with Gasteiger partial charge in [0.2, 0.25) is 5.91 Å². The van der Waals surface area contributed by atoms with E-state index in [0.29, 0.717) is 17.2 Å². The molecule has 0 aromatic heterocycles. The molecule has 1 N–H and O–H groups in total. The lowest BCUT2D eigenvalue weighted by Crippen LogP contribution is -2.42. The summed E-state index contributed by atoms with van der Waals surface area (Å²) in [7, 11) is 3.38. The summed E-state index contributed by atoms with van der Waals surface area (Å²) in [6.07, 6.45) is 2.34. The monoisotopic (exact) mass is 352 g/mol. The highest BCUT2D eigenvalue weighted by Gasteiger charge is 2.30. The number of rotatable bonds is 7. The lowest BCUT2D eigenvalue weighted by Gasteiger charge is -2.25. The topological polar surface area (TPSA) is 58.6 Å². The van der Waals surface area contributed by atoms with Gasteiger partial charge in [0.05, 0.1) is 7.11 Å². The van der Waals surface area contributed by atoms with Crippen molar-refractivity contribution >= 4 is 11.8 Å². The molecule has 136 valence electrons. The SMILES string of the molecule is COc1ccc(C(=O)NC(C(=O)N(C)CC2CC2)c2ccccc2)cc1. The molecule has 1 unspecified atom stereocenters. The summed E-state index contributed by atoms with van der Waals surface area (Å²) in [5.74, 6) is 0.902. The highest BCUT2D eigenvalue weighted by atomic mass is 16.5. The van der Waals surface area contributed by atoms with Gasteiger partial charge in [-0.2, -0.15) is 0 Å². The molecule has 2 aromatic rings. The fraction of sp³-hybridized carbons (Fsp3) is 0.333. The van der Waals surface area contributed by atoms with Gasteiger partial charge in [-0.25, -0.2) is 0 Å². The first-order valence-corrected chi connectivity index (χ1v) is 8.83. The number of ether oxygens (including phenoxy) is 1. The first kappa shape index (κ1) is 18.0. The van der Waals surface area contributed by atoms with Crippen LogP contribution in [0.4, 0.5) is 0 Å². The molecular formula is C21H24N2O3. The summed E-state index contributed by atoms with van der Waals surface area (Å²) < 4.78 is 5.12. The Balaban J connectivity index is 1.78. The largest absolute Gasteiger partial charge is 0.497 e. The standard InChI is InChI=1S/C21H24N2O3/c1-23(14-15-8-9-15)21(25)19(16-6-4-3-5-7-16)22-20(24)17-10-12-18(26-2)13-11-17/h3-7,10-13,15,19H,8-9,14H2,1-2H3,(H,22,24). The zero-order valence-electron chi connectivity index (χ0n) is 15.1. The number of carbonyl (C=O) groups excluding carboxylic acids is 2. The van der Waals surface area contributed by atoms with Gasteiger partial charge in [-0.15, -0.1) is 0 Å². The number of amides is 2. The molecule has 5 nitrogen and oxygen atoms in total. The number of likely N-dealkylation sites (N-methyl/N-ethyl adjacent to an activating group) is 1. The summed E-state index contributed by atoms with van der Waals surface area (Å²) in [6, 6.07) is 15.5. The highest BCUT2D eigenvalue weighted by Crippen LogP contribution is 2.30. The number of methoxy groups -OCH3 is 1. The molecule has 1 fully saturated rings. The molecule has 26 heavy (non-hydrogen) atoms. The van der Waals surface area contributed by atoms with E-state index in [1.54, 1.807) is 43.3 Å². The molecule has 0 radical (unpaired) electrons. The minimum atomic E-state index is -0.699. The second-order valence-electron chi connectivity index (χ2n) is 6.71. The van der Waals surface area contributed by atoms with Crippen molar-refractivity contribution in [2.75, 3.05) is 20.7 Å². The fourth-order valence-electron chi connectivity index (χ4n) is 2.89. The lowest BCUT2D eigenvalue weighted by molar-refractivity contribution is -0.132. The van der Waals surface area contributed by atoms with Gasteiger partial charge in [-0.3, -0.25) is 9.59 Å². The van der Waals surface area contributed by atoms with Gasteiger partial charge in [-0.1, -0.05) is 30.3 Å². The number of nitrogens with one attached hydrogen (secondary N) is 1. The maximum absolute atomic E-state index is 13.0. The second-order valence-corrected chi connectivity index (χ2v) is 6.71. The van der Waals surface area contributed by atoms with E-state index in [9.17, 15) is 9.59 Å². The van der Waals surface area contributed by atoms with Crippen LogP contribution in [0.2, 0.25) is 0 Å². The van der Waals surface area contributed by atoms with Crippen LogP contribution < -0.4 is 10.1 Å². The van der Waals surface area contributed by atoms with Crippen molar-refractivity contribution in [3.05, 3.63) is 65.7 Å². The summed E-state index contributed by atoms with van der Waals surface area (Å²) in [6.45, 7) is 0.737. The van der Waals surface area contributed by atoms with Gasteiger partial charge < -0.3 is 15.0 Å². The van der Waals surface area contributed by atoms with E-state index < -0.39 is 6.04 Å². The van der Waals surface area contributed by atoms with E-state index >= 15 is 0 Å². The van der Waals surface area contributed by atoms with Crippen LogP contribution in [0.15, 0.2) is 54.6 Å². The Bertz CT molecular complexity index is 755. The molecule has 1 aliphatic carbocycles. The van der Waals surface area contributed by atoms with Crippen molar-refractivity contribution in [3.8, 4) is 5.75 Å². The summed E-state index contributed by atoms with van der Waals surface area (Å²) in [5, 5.41) is 2.89. The Kier molecular flexibility index (Phi) is 5.56. The molecule has 1 saturated carbocycles. The quantitative estimate of drug-likeness (QED) is 0.833. The first-order chi connectivity index (χ1) is 12.6. The molecule has 0 aliphatic heterocycles. The van der Waals surface area contributed by atoms with Crippen LogP contribution in [0.25, 0.3) is 0 Å². The second kappa shape index (κ2) is 8.04. The number of benzene rings is 2. The molecule has 0 bridgehead atoms.